The molecule has 1 aliphatic rings. The second kappa shape index (κ2) is 5.45. The first-order chi connectivity index (χ1) is 7.11. The van der Waals surface area contributed by atoms with Crippen molar-refractivity contribution in [1.82, 2.24) is 4.90 Å². The van der Waals surface area contributed by atoms with Crippen LogP contribution in [0.5, 0.6) is 0 Å². The minimum atomic E-state index is -1.01. The SMILES string of the molecule is CC/C(C)=C1/C(Br)=CCC(F)N1C=NC. The summed E-state index contributed by atoms with van der Waals surface area (Å²) in [6, 6.07) is 0. The Labute approximate surface area is 98.7 Å². The number of alkyl halides is 1. The highest BCUT2D eigenvalue weighted by Gasteiger charge is 2.25. The van der Waals surface area contributed by atoms with Crippen molar-refractivity contribution in [2.24, 2.45) is 4.99 Å². The van der Waals surface area contributed by atoms with Gasteiger partial charge in [0.1, 0.15) is 0 Å². The fraction of sp³-hybridized carbons (Fsp3) is 0.545. The van der Waals surface area contributed by atoms with Gasteiger partial charge in [-0.1, -0.05) is 13.0 Å². The summed E-state index contributed by atoms with van der Waals surface area (Å²) in [4.78, 5) is 5.48. The van der Waals surface area contributed by atoms with E-state index in [-0.39, 0.29) is 0 Å². The monoisotopic (exact) mass is 274 g/mol. The Morgan fingerprint density at radius 1 is 1.80 bits per heavy atom. The van der Waals surface area contributed by atoms with Crippen LogP contribution in [0.3, 0.4) is 0 Å². The molecular formula is C11H16BrFN2. The average Bonchev–Trinajstić information content (AvgIpc) is 2.23. The molecule has 0 aromatic heterocycles. The van der Waals surface area contributed by atoms with E-state index in [1.807, 2.05) is 13.0 Å². The lowest BCUT2D eigenvalue weighted by atomic mass is 10.1. The van der Waals surface area contributed by atoms with Crippen molar-refractivity contribution >= 4 is 22.3 Å². The van der Waals surface area contributed by atoms with Crippen LogP contribution in [0.25, 0.3) is 0 Å². The smallest absolute Gasteiger partial charge is 0.180 e. The fourth-order valence-electron chi connectivity index (χ4n) is 1.52. The number of nitrogens with zero attached hydrogens (tertiary/aromatic N) is 2. The number of hydrogen-bond acceptors (Lipinski definition) is 1. The second-order valence-electron chi connectivity index (χ2n) is 3.49. The highest BCUT2D eigenvalue weighted by atomic mass is 79.9. The zero-order valence-electron chi connectivity index (χ0n) is 9.30. The third-order valence-electron chi connectivity index (χ3n) is 2.45. The van der Waals surface area contributed by atoms with Gasteiger partial charge in [-0.3, -0.25) is 4.99 Å². The number of rotatable bonds is 2. The van der Waals surface area contributed by atoms with Gasteiger partial charge in [0.05, 0.1) is 12.0 Å². The van der Waals surface area contributed by atoms with Crippen LogP contribution in [0, 0.1) is 0 Å². The molecule has 1 rings (SSSR count). The molecule has 1 heterocycles. The summed E-state index contributed by atoms with van der Waals surface area (Å²) in [7, 11) is 1.65. The summed E-state index contributed by atoms with van der Waals surface area (Å²) in [6.07, 6.45) is 3.71. The summed E-state index contributed by atoms with van der Waals surface area (Å²) < 4.78 is 14.6. The topological polar surface area (TPSA) is 15.6 Å². The Balaban J connectivity index is 3.15. The van der Waals surface area contributed by atoms with E-state index in [0.29, 0.717) is 6.42 Å². The zero-order valence-corrected chi connectivity index (χ0v) is 10.9. The van der Waals surface area contributed by atoms with Gasteiger partial charge < -0.3 is 4.90 Å². The van der Waals surface area contributed by atoms with E-state index in [0.717, 1.165) is 22.2 Å². The molecule has 0 spiro atoms. The molecule has 0 amide bonds. The fourth-order valence-corrected chi connectivity index (χ4v) is 2.25. The maximum absolute atomic E-state index is 13.7. The molecule has 15 heavy (non-hydrogen) atoms. The van der Waals surface area contributed by atoms with Crippen molar-refractivity contribution in [3.63, 3.8) is 0 Å². The Kier molecular flexibility index (Phi) is 4.51. The minimum absolute atomic E-state index is 0.396. The van der Waals surface area contributed by atoms with E-state index in [1.165, 1.54) is 0 Å². The van der Waals surface area contributed by atoms with Crippen LogP contribution in [-0.2, 0) is 0 Å². The summed E-state index contributed by atoms with van der Waals surface area (Å²) in [5.74, 6) is 0. The molecule has 0 radical (unpaired) electrons. The van der Waals surface area contributed by atoms with E-state index < -0.39 is 6.30 Å². The van der Waals surface area contributed by atoms with Gasteiger partial charge in [0.25, 0.3) is 0 Å². The van der Waals surface area contributed by atoms with Crippen LogP contribution in [0.15, 0.2) is 26.8 Å². The van der Waals surface area contributed by atoms with Crippen LogP contribution in [-0.4, -0.2) is 24.6 Å². The highest BCUT2D eigenvalue weighted by molar-refractivity contribution is 9.12. The van der Waals surface area contributed by atoms with Crippen LogP contribution < -0.4 is 0 Å². The summed E-state index contributed by atoms with van der Waals surface area (Å²) >= 11 is 3.47. The lowest BCUT2D eigenvalue weighted by Crippen LogP contribution is -2.33. The van der Waals surface area contributed by atoms with Crippen molar-refractivity contribution in [3.8, 4) is 0 Å². The number of hydrogen-bond donors (Lipinski definition) is 0. The zero-order chi connectivity index (χ0) is 11.4. The van der Waals surface area contributed by atoms with Crippen molar-refractivity contribution in [2.45, 2.75) is 33.0 Å². The van der Waals surface area contributed by atoms with Gasteiger partial charge in [-0.2, -0.15) is 0 Å². The molecule has 1 unspecified atom stereocenters. The van der Waals surface area contributed by atoms with Gasteiger partial charge >= 0.3 is 0 Å². The molecule has 0 saturated heterocycles. The lowest BCUT2D eigenvalue weighted by molar-refractivity contribution is 0.189. The summed E-state index contributed by atoms with van der Waals surface area (Å²) in [5.41, 5.74) is 2.06. The van der Waals surface area contributed by atoms with E-state index in [4.69, 9.17) is 0 Å². The highest BCUT2D eigenvalue weighted by Crippen LogP contribution is 2.32. The molecule has 1 atom stereocenters. The second-order valence-corrected chi connectivity index (χ2v) is 4.34. The van der Waals surface area contributed by atoms with Gasteiger partial charge in [-0.15, -0.1) is 0 Å². The molecule has 0 fully saturated rings. The Bertz CT molecular complexity index is 321. The van der Waals surface area contributed by atoms with Crippen LogP contribution in [0.4, 0.5) is 4.39 Å². The molecule has 0 aliphatic carbocycles. The molecule has 4 heteroatoms. The van der Waals surface area contributed by atoms with Crippen LogP contribution >= 0.6 is 15.9 Å². The molecular weight excluding hydrogens is 259 g/mol. The van der Waals surface area contributed by atoms with Crippen LogP contribution in [0.2, 0.25) is 0 Å². The molecule has 0 N–H and O–H groups in total. The Morgan fingerprint density at radius 2 is 2.47 bits per heavy atom. The molecule has 1 aliphatic heterocycles. The normalized spacial score (nSPS) is 25.8. The van der Waals surface area contributed by atoms with E-state index >= 15 is 0 Å². The minimum Gasteiger partial charge on any atom is -0.300 e. The number of aliphatic imine (C=N–C) groups is 1. The molecule has 84 valence electrons. The summed E-state index contributed by atoms with van der Waals surface area (Å²) in [5, 5.41) is 0. The summed E-state index contributed by atoms with van der Waals surface area (Å²) in [6.45, 7) is 4.07. The third-order valence-corrected chi connectivity index (χ3v) is 3.15. The first kappa shape index (κ1) is 12.4. The molecule has 0 aromatic carbocycles. The first-order valence-corrected chi connectivity index (χ1v) is 5.81. The average molecular weight is 275 g/mol. The van der Waals surface area contributed by atoms with Crippen molar-refractivity contribution in [1.29, 1.82) is 0 Å². The predicted molar refractivity (Wildman–Crippen MR) is 65.8 cm³/mol. The van der Waals surface area contributed by atoms with E-state index in [2.05, 4.69) is 27.8 Å². The van der Waals surface area contributed by atoms with Crippen LogP contribution in [0.1, 0.15) is 26.7 Å². The predicted octanol–water partition coefficient (Wildman–Crippen LogP) is 3.61. The maximum atomic E-state index is 13.7. The Morgan fingerprint density at radius 3 is 3.00 bits per heavy atom. The van der Waals surface area contributed by atoms with E-state index in [9.17, 15) is 4.39 Å². The van der Waals surface area contributed by atoms with Crippen molar-refractivity contribution < 1.29 is 4.39 Å². The Hall–Kier alpha value is -0.640. The third kappa shape index (κ3) is 2.68. The van der Waals surface area contributed by atoms with Gasteiger partial charge in [-0.25, -0.2) is 4.39 Å². The maximum Gasteiger partial charge on any atom is 0.180 e. The molecule has 0 aromatic rings. The molecule has 0 bridgehead atoms. The number of allylic oxidation sites excluding steroid dienone is 2. The standard InChI is InChI=1S/C11H16BrFN2/c1-4-8(2)11-9(12)5-6-10(13)15(11)7-14-3/h5,7,10H,4,6H2,1-3H3/b11-8-,14-7?. The van der Waals surface area contributed by atoms with Gasteiger partial charge in [0, 0.05) is 18.0 Å². The van der Waals surface area contributed by atoms with Crippen molar-refractivity contribution in [2.75, 3.05) is 7.05 Å². The first-order valence-electron chi connectivity index (χ1n) is 5.02. The van der Waals surface area contributed by atoms with E-state index in [1.54, 1.807) is 18.3 Å². The molecule has 2 nitrogen and oxygen atoms in total. The number of halogens is 2. The molecule has 0 saturated carbocycles. The quantitative estimate of drug-likeness (QED) is 0.427. The van der Waals surface area contributed by atoms with Gasteiger partial charge in [0.15, 0.2) is 6.30 Å². The van der Waals surface area contributed by atoms with Gasteiger partial charge in [0.2, 0.25) is 0 Å². The largest absolute Gasteiger partial charge is 0.300 e. The lowest BCUT2D eigenvalue weighted by Gasteiger charge is -2.31. The van der Waals surface area contributed by atoms with Crippen molar-refractivity contribution in [3.05, 3.63) is 21.8 Å². The van der Waals surface area contributed by atoms with Gasteiger partial charge in [-0.05, 0) is 34.8 Å².